The number of urea groups is 1. The first-order chi connectivity index (χ1) is 10.1. The van der Waals surface area contributed by atoms with Gasteiger partial charge in [0.2, 0.25) is 0 Å². The molecule has 1 aliphatic heterocycles. The first kappa shape index (κ1) is 15.3. The summed E-state index contributed by atoms with van der Waals surface area (Å²) in [6, 6.07) is 6.78. The predicted molar refractivity (Wildman–Crippen MR) is 78.4 cm³/mol. The Morgan fingerprint density at radius 3 is 2.90 bits per heavy atom. The molecule has 0 aliphatic carbocycles. The number of nitrogens with one attached hydrogen (secondary N) is 1. The van der Waals surface area contributed by atoms with Crippen LogP contribution in [0, 0.1) is 5.92 Å². The van der Waals surface area contributed by atoms with Crippen molar-refractivity contribution in [1.29, 1.82) is 0 Å². The van der Waals surface area contributed by atoms with Crippen molar-refractivity contribution in [2.24, 2.45) is 5.92 Å². The molecule has 21 heavy (non-hydrogen) atoms. The van der Waals surface area contributed by atoms with E-state index >= 15 is 0 Å². The van der Waals surface area contributed by atoms with Gasteiger partial charge < -0.3 is 20.1 Å². The highest BCUT2D eigenvalue weighted by Crippen LogP contribution is 2.20. The van der Waals surface area contributed by atoms with Crippen molar-refractivity contribution in [2.75, 3.05) is 32.1 Å². The van der Waals surface area contributed by atoms with Crippen LogP contribution in [0.2, 0.25) is 0 Å². The van der Waals surface area contributed by atoms with Gasteiger partial charge in [-0.15, -0.1) is 0 Å². The number of hydrogen-bond acceptors (Lipinski definition) is 3. The second kappa shape index (κ2) is 7.08. The van der Waals surface area contributed by atoms with Crippen LogP contribution in [0.5, 0.6) is 0 Å². The van der Waals surface area contributed by atoms with Crippen LogP contribution in [0.3, 0.4) is 0 Å². The lowest BCUT2D eigenvalue weighted by Crippen LogP contribution is -2.33. The monoisotopic (exact) mass is 292 g/mol. The normalized spacial score (nSPS) is 17.8. The van der Waals surface area contributed by atoms with Gasteiger partial charge in [0, 0.05) is 31.8 Å². The average molecular weight is 292 g/mol. The van der Waals surface area contributed by atoms with Crippen molar-refractivity contribution < 1.29 is 19.4 Å². The standard InChI is InChI=1S/C15H20N2O4/c1-21-10-11-6-7-17(9-11)15(20)16-13-5-3-2-4-12(13)8-14(18)19/h2-5,11H,6-10H2,1H3,(H,16,20)(H,18,19). The number of amides is 2. The van der Waals surface area contributed by atoms with Crippen molar-refractivity contribution in [3.63, 3.8) is 0 Å². The van der Waals surface area contributed by atoms with Gasteiger partial charge in [-0.2, -0.15) is 0 Å². The van der Waals surface area contributed by atoms with Crippen LogP contribution in [0.1, 0.15) is 12.0 Å². The SMILES string of the molecule is COCC1CCN(C(=O)Nc2ccccc2CC(=O)O)C1. The number of carboxylic acid groups (broad SMARTS) is 1. The third kappa shape index (κ3) is 4.19. The van der Waals surface area contributed by atoms with Crippen molar-refractivity contribution in [3.8, 4) is 0 Å². The van der Waals surface area contributed by atoms with E-state index in [9.17, 15) is 9.59 Å². The molecular weight excluding hydrogens is 272 g/mol. The van der Waals surface area contributed by atoms with E-state index in [0.717, 1.165) is 6.42 Å². The Morgan fingerprint density at radius 1 is 1.43 bits per heavy atom. The van der Waals surface area contributed by atoms with Gasteiger partial charge in [-0.25, -0.2) is 4.79 Å². The third-order valence-corrected chi connectivity index (χ3v) is 3.58. The minimum atomic E-state index is -0.918. The largest absolute Gasteiger partial charge is 0.481 e. The topological polar surface area (TPSA) is 78.9 Å². The van der Waals surface area contributed by atoms with E-state index in [1.165, 1.54) is 0 Å². The molecule has 114 valence electrons. The summed E-state index contributed by atoms with van der Waals surface area (Å²) < 4.78 is 5.11. The zero-order chi connectivity index (χ0) is 15.2. The molecule has 1 heterocycles. The molecule has 1 atom stereocenters. The van der Waals surface area contributed by atoms with E-state index in [0.29, 0.717) is 36.9 Å². The lowest BCUT2D eigenvalue weighted by atomic mass is 10.1. The molecule has 1 aromatic rings. The molecule has 1 saturated heterocycles. The van der Waals surface area contributed by atoms with Gasteiger partial charge in [-0.1, -0.05) is 18.2 Å². The summed E-state index contributed by atoms with van der Waals surface area (Å²) in [5, 5.41) is 11.7. The molecule has 0 saturated carbocycles. The molecule has 2 amide bonds. The number of benzene rings is 1. The molecular formula is C15H20N2O4. The maximum Gasteiger partial charge on any atom is 0.321 e. The molecule has 1 fully saturated rings. The third-order valence-electron chi connectivity index (χ3n) is 3.58. The minimum Gasteiger partial charge on any atom is -0.481 e. The Labute approximate surface area is 123 Å². The quantitative estimate of drug-likeness (QED) is 0.867. The molecule has 2 N–H and O–H groups in total. The number of hydrogen-bond donors (Lipinski definition) is 2. The molecule has 0 bridgehead atoms. The van der Waals surface area contributed by atoms with Crippen molar-refractivity contribution in [3.05, 3.63) is 29.8 Å². The number of carbonyl (C=O) groups is 2. The number of anilines is 1. The number of methoxy groups -OCH3 is 1. The fraction of sp³-hybridized carbons (Fsp3) is 0.467. The number of likely N-dealkylation sites (tertiary alicyclic amines) is 1. The number of rotatable bonds is 5. The Hall–Kier alpha value is -2.08. The minimum absolute atomic E-state index is 0.108. The van der Waals surface area contributed by atoms with Crippen LogP contribution < -0.4 is 5.32 Å². The van der Waals surface area contributed by atoms with E-state index in [2.05, 4.69) is 5.32 Å². The fourth-order valence-electron chi connectivity index (χ4n) is 2.54. The van der Waals surface area contributed by atoms with Crippen molar-refractivity contribution >= 4 is 17.7 Å². The number of carboxylic acids is 1. The zero-order valence-corrected chi connectivity index (χ0v) is 12.0. The Kier molecular flexibility index (Phi) is 5.16. The second-order valence-electron chi connectivity index (χ2n) is 5.21. The van der Waals surface area contributed by atoms with Crippen molar-refractivity contribution in [2.45, 2.75) is 12.8 Å². The molecule has 6 heteroatoms. The fourth-order valence-corrected chi connectivity index (χ4v) is 2.54. The molecule has 0 radical (unpaired) electrons. The van der Waals surface area contributed by atoms with Gasteiger partial charge in [0.1, 0.15) is 0 Å². The van der Waals surface area contributed by atoms with E-state index in [1.54, 1.807) is 36.3 Å². The number of ether oxygens (including phenoxy) is 1. The Bertz CT molecular complexity index is 518. The summed E-state index contributed by atoms with van der Waals surface area (Å²) in [5.74, 6) is -0.548. The van der Waals surface area contributed by atoms with Gasteiger partial charge in [-0.3, -0.25) is 4.79 Å². The molecule has 1 aromatic carbocycles. The summed E-state index contributed by atoms with van der Waals surface area (Å²) in [7, 11) is 1.66. The molecule has 1 unspecified atom stereocenters. The molecule has 6 nitrogen and oxygen atoms in total. The summed E-state index contributed by atoms with van der Waals surface area (Å²) in [6.45, 7) is 2.01. The molecule has 2 rings (SSSR count). The molecule has 0 spiro atoms. The number of aliphatic carboxylic acids is 1. The number of nitrogens with zero attached hydrogens (tertiary/aromatic N) is 1. The lowest BCUT2D eigenvalue weighted by molar-refractivity contribution is -0.136. The van der Waals surface area contributed by atoms with Crippen LogP contribution >= 0.6 is 0 Å². The summed E-state index contributed by atoms with van der Waals surface area (Å²) >= 11 is 0. The van der Waals surface area contributed by atoms with Gasteiger partial charge in [-0.05, 0) is 18.1 Å². The van der Waals surface area contributed by atoms with E-state index in [4.69, 9.17) is 9.84 Å². The van der Waals surface area contributed by atoms with Crippen LogP contribution in [0.15, 0.2) is 24.3 Å². The van der Waals surface area contributed by atoms with Crippen LogP contribution in [-0.2, 0) is 16.0 Å². The highest BCUT2D eigenvalue weighted by Gasteiger charge is 2.26. The van der Waals surface area contributed by atoms with E-state index in [1.807, 2.05) is 0 Å². The van der Waals surface area contributed by atoms with Gasteiger partial charge in [0.25, 0.3) is 0 Å². The van der Waals surface area contributed by atoms with Crippen LogP contribution in [0.25, 0.3) is 0 Å². The van der Waals surface area contributed by atoms with Gasteiger partial charge in [0.15, 0.2) is 0 Å². The smallest absolute Gasteiger partial charge is 0.321 e. The predicted octanol–water partition coefficient (Wildman–Crippen LogP) is 1.81. The zero-order valence-electron chi connectivity index (χ0n) is 12.0. The second-order valence-corrected chi connectivity index (χ2v) is 5.21. The lowest BCUT2D eigenvalue weighted by Gasteiger charge is -2.18. The molecule has 0 aromatic heterocycles. The summed E-state index contributed by atoms with van der Waals surface area (Å²) in [6.07, 6.45) is 0.820. The van der Waals surface area contributed by atoms with E-state index < -0.39 is 5.97 Å². The summed E-state index contributed by atoms with van der Waals surface area (Å²) in [4.78, 5) is 24.8. The Morgan fingerprint density at radius 2 is 2.19 bits per heavy atom. The average Bonchev–Trinajstić information content (AvgIpc) is 2.89. The van der Waals surface area contributed by atoms with E-state index in [-0.39, 0.29) is 12.5 Å². The highest BCUT2D eigenvalue weighted by atomic mass is 16.5. The number of para-hydroxylation sites is 1. The first-order valence-electron chi connectivity index (χ1n) is 6.94. The highest BCUT2D eigenvalue weighted by molar-refractivity contribution is 5.91. The van der Waals surface area contributed by atoms with Crippen LogP contribution in [-0.4, -0.2) is 48.8 Å². The summed E-state index contributed by atoms with van der Waals surface area (Å²) in [5.41, 5.74) is 1.16. The molecule has 1 aliphatic rings. The van der Waals surface area contributed by atoms with Crippen LogP contribution in [0.4, 0.5) is 10.5 Å². The van der Waals surface area contributed by atoms with Gasteiger partial charge in [0.05, 0.1) is 13.0 Å². The van der Waals surface area contributed by atoms with Crippen molar-refractivity contribution in [1.82, 2.24) is 4.90 Å². The first-order valence-corrected chi connectivity index (χ1v) is 6.94. The number of carbonyl (C=O) groups excluding carboxylic acids is 1. The Balaban J connectivity index is 1.98. The maximum atomic E-state index is 12.2. The van der Waals surface area contributed by atoms with Gasteiger partial charge >= 0.3 is 12.0 Å². The maximum absolute atomic E-state index is 12.2.